The SMILES string of the molecule is C=CCC1(CC=C)C(=O)NC(=O)N(CC(N)=O)C1=O. The highest BCUT2D eigenvalue weighted by atomic mass is 16.2. The highest BCUT2D eigenvalue weighted by Crippen LogP contribution is 2.33. The fourth-order valence-corrected chi connectivity index (χ4v) is 1.97. The van der Waals surface area contributed by atoms with Crippen molar-refractivity contribution in [3.05, 3.63) is 25.3 Å². The molecule has 0 aromatic rings. The molecule has 7 nitrogen and oxygen atoms in total. The second-order valence-corrected chi connectivity index (χ2v) is 4.18. The molecular weight excluding hydrogens is 250 g/mol. The van der Waals surface area contributed by atoms with Crippen LogP contribution in [-0.4, -0.2) is 35.2 Å². The van der Waals surface area contributed by atoms with Crippen molar-refractivity contribution in [1.29, 1.82) is 0 Å². The smallest absolute Gasteiger partial charge is 0.331 e. The first-order chi connectivity index (χ1) is 8.89. The lowest BCUT2D eigenvalue weighted by molar-refractivity contribution is -0.152. The molecule has 1 fully saturated rings. The summed E-state index contributed by atoms with van der Waals surface area (Å²) in [5.74, 6) is -2.33. The number of rotatable bonds is 6. The summed E-state index contributed by atoms with van der Waals surface area (Å²) in [6.07, 6.45) is 2.87. The van der Waals surface area contributed by atoms with Gasteiger partial charge in [-0.1, -0.05) is 12.2 Å². The van der Waals surface area contributed by atoms with Crippen LogP contribution in [0.1, 0.15) is 12.8 Å². The van der Waals surface area contributed by atoms with Crippen LogP contribution >= 0.6 is 0 Å². The van der Waals surface area contributed by atoms with Crippen molar-refractivity contribution in [3.63, 3.8) is 0 Å². The number of amides is 5. The van der Waals surface area contributed by atoms with Crippen LogP contribution in [0.25, 0.3) is 0 Å². The maximum absolute atomic E-state index is 12.3. The molecule has 0 spiro atoms. The molecule has 1 heterocycles. The van der Waals surface area contributed by atoms with Crippen LogP contribution in [0.3, 0.4) is 0 Å². The van der Waals surface area contributed by atoms with E-state index in [4.69, 9.17) is 5.73 Å². The average molecular weight is 265 g/mol. The van der Waals surface area contributed by atoms with Gasteiger partial charge in [-0.25, -0.2) is 4.79 Å². The van der Waals surface area contributed by atoms with Crippen molar-refractivity contribution in [2.24, 2.45) is 11.1 Å². The van der Waals surface area contributed by atoms with Gasteiger partial charge in [-0.15, -0.1) is 13.2 Å². The zero-order valence-electron chi connectivity index (χ0n) is 10.3. The van der Waals surface area contributed by atoms with Crippen molar-refractivity contribution in [2.75, 3.05) is 6.54 Å². The molecule has 5 amide bonds. The minimum absolute atomic E-state index is 0.0340. The van der Waals surface area contributed by atoms with Gasteiger partial charge in [0.2, 0.25) is 17.7 Å². The number of hydrogen-bond donors (Lipinski definition) is 2. The van der Waals surface area contributed by atoms with Crippen LogP contribution in [0, 0.1) is 5.41 Å². The monoisotopic (exact) mass is 265 g/mol. The Balaban J connectivity index is 3.21. The van der Waals surface area contributed by atoms with E-state index in [1.165, 1.54) is 12.2 Å². The molecular formula is C12H15N3O4. The molecule has 0 aromatic heterocycles. The van der Waals surface area contributed by atoms with E-state index in [9.17, 15) is 19.2 Å². The number of hydrogen-bond acceptors (Lipinski definition) is 4. The molecule has 0 aromatic carbocycles. The van der Waals surface area contributed by atoms with Gasteiger partial charge >= 0.3 is 6.03 Å². The van der Waals surface area contributed by atoms with Crippen LogP contribution in [0.4, 0.5) is 4.79 Å². The molecule has 1 rings (SSSR count). The van der Waals surface area contributed by atoms with E-state index >= 15 is 0 Å². The Morgan fingerprint density at radius 3 is 2.21 bits per heavy atom. The van der Waals surface area contributed by atoms with Crippen molar-refractivity contribution >= 4 is 23.8 Å². The normalized spacial score (nSPS) is 17.9. The zero-order chi connectivity index (χ0) is 14.6. The molecule has 1 aliphatic heterocycles. The second kappa shape index (κ2) is 5.47. The minimum atomic E-state index is -1.49. The van der Waals surface area contributed by atoms with E-state index in [0.29, 0.717) is 4.90 Å². The lowest BCUT2D eigenvalue weighted by atomic mass is 9.77. The maximum Gasteiger partial charge on any atom is 0.331 e. The summed E-state index contributed by atoms with van der Waals surface area (Å²) in [5.41, 5.74) is 3.49. The third kappa shape index (κ3) is 2.54. The predicted molar refractivity (Wildman–Crippen MR) is 66.5 cm³/mol. The van der Waals surface area contributed by atoms with E-state index < -0.39 is 35.7 Å². The summed E-state index contributed by atoms with van der Waals surface area (Å²) >= 11 is 0. The molecule has 0 atom stereocenters. The molecule has 7 heteroatoms. The average Bonchev–Trinajstić information content (AvgIpc) is 2.32. The Kier molecular flexibility index (Phi) is 4.21. The first kappa shape index (κ1) is 14.6. The Morgan fingerprint density at radius 2 is 1.79 bits per heavy atom. The number of nitrogens with zero attached hydrogens (tertiary/aromatic N) is 1. The molecule has 3 N–H and O–H groups in total. The number of barbiturate groups is 1. The van der Waals surface area contributed by atoms with E-state index in [0.717, 1.165) is 0 Å². The number of allylic oxidation sites excluding steroid dienone is 2. The lowest BCUT2D eigenvalue weighted by Crippen LogP contribution is -2.64. The topological polar surface area (TPSA) is 110 Å². The first-order valence-electron chi connectivity index (χ1n) is 5.56. The number of imide groups is 2. The summed E-state index contributed by atoms with van der Waals surface area (Å²) in [5, 5.41) is 2.05. The Morgan fingerprint density at radius 1 is 1.26 bits per heavy atom. The van der Waals surface area contributed by atoms with Crippen molar-refractivity contribution in [3.8, 4) is 0 Å². The highest BCUT2D eigenvalue weighted by molar-refractivity contribution is 6.20. The number of urea groups is 1. The van der Waals surface area contributed by atoms with Gasteiger partial charge in [-0.05, 0) is 12.8 Å². The molecule has 0 saturated carbocycles. The van der Waals surface area contributed by atoms with Crippen LogP contribution in [-0.2, 0) is 14.4 Å². The van der Waals surface area contributed by atoms with Crippen LogP contribution in [0.5, 0.6) is 0 Å². The molecule has 102 valence electrons. The van der Waals surface area contributed by atoms with Gasteiger partial charge < -0.3 is 5.73 Å². The van der Waals surface area contributed by atoms with E-state index in [2.05, 4.69) is 13.2 Å². The highest BCUT2D eigenvalue weighted by Gasteiger charge is 2.52. The van der Waals surface area contributed by atoms with Gasteiger partial charge in [0.25, 0.3) is 0 Å². The van der Waals surface area contributed by atoms with Gasteiger partial charge in [-0.2, -0.15) is 0 Å². The van der Waals surface area contributed by atoms with Gasteiger partial charge in [0, 0.05) is 0 Å². The van der Waals surface area contributed by atoms with E-state index in [1.807, 2.05) is 5.32 Å². The molecule has 0 unspecified atom stereocenters. The van der Waals surface area contributed by atoms with Gasteiger partial charge in [0.1, 0.15) is 12.0 Å². The predicted octanol–water partition coefficient (Wildman–Crippen LogP) is -0.311. The molecule has 0 aliphatic carbocycles. The van der Waals surface area contributed by atoms with Gasteiger partial charge in [0.15, 0.2) is 0 Å². The minimum Gasteiger partial charge on any atom is -0.368 e. The summed E-state index contributed by atoms with van der Waals surface area (Å²) < 4.78 is 0. The lowest BCUT2D eigenvalue weighted by Gasteiger charge is -2.37. The molecule has 19 heavy (non-hydrogen) atoms. The van der Waals surface area contributed by atoms with Crippen LogP contribution < -0.4 is 11.1 Å². The van der Waals surface area contributed by atoms with Crippen molar-refractivity contribution < 1.29 is 19.2 Å². The summed E-state index contributed by atoms with van der Waals surface area (Å²) in [6, 6.07) is -0.947. The fraction of sp³-hybridized carbons (Fsp3) is 0.333. The number of nitrogens with one attached hydrogen (secondary N) is 1. The number of carbonyl (C=O) groups excluding carboxylic acids is 4. The summed E-state index contributed by atoms with van der Waals surface area (Å²) in [7, 11) is 0. The van der Waals surface area contributed by atoms with E-state index in [1.54, 1.807) is 0 Å². The Labute approximate surface area is 110 Å². The largest absolute Gasteiger partial charge is 0.368 e. The third-order valence-corrected chi connectivity index (χ3v) is 2.85. The van der Waals surface area contributed by atoms with Crippen LogP contribution in [0.2, 0.25) is 0 Å². The van der Waals surface area contributed by atoms with Crippen LogP contribution in [0.15, 0.2) is 25.3 Å². The van der Waals surface area contributed by atoms with E-state index in [-0.39, 0.29) is 12.8 Å². The quantitative estimate of drug-likeness (QED) is 0.507. The molecule has 1 saturated heterocycles. The van der Waals surface area contributed by atoms with Crippen molar-refractivity contribution in [1.82, 2.24) is 10.2 Å². The fourth-order valence-electron chi connectivity index (χ4n) is 1.97. The standard InChI is InChI=1S/C12H15N3O4/c1-3-5-12(6-4-2)9(17)14-11(19)15(10(12)18)7-8(13)16/h3-4H,1-2,5-7H2,(H2,13,16)(H,14,17,19). The maximum atomic E-state index is 12.3. The molecule has 0 radical (unpaired) electrons. The van der Waals surface area contributed by atoms with Gasteiger partial charge in [-0.3, -0.25) is 24.6 Å². The number of primary amides is 1. The second-order valence-electron chi connectivity index (χ2n) is 4.18. The molecule has 1 aliphatic rings. The zero-order valence-corrected chi connectivity index (χ0v) is 10.3. The summed E-state index contributed by atoms with van der Waals surface area (Å²) in [6.45, 7) is 6.41. The number of carbonyl (C=O) groups is 4. The summed E-state index contributed by atoms with van der Waals surface area (Å²) in [4.78, 5) is 47.4. The number of nitrogens with two attached hydrogens (primary N) is 1. The van der Waals surface area contributed by atoms with Gasteiger partial charge in [0.05, 0.1) is 0 Å². The first-order valence-corrected chi connectivity index (χ1v) is 5.56. The molecule has 0 bridgehead atoms. The Hall–Kier alpha value is -2.44. The Bertz CT molecular complexity index is 460. The van der Waals surface area contributed by atoms with Crippen molar-refractivity contribution in [2.45, 2.75) is 12.8 Å². The third-order valence-electron chi connectivity index (χ3n) is 2.85.